The number of nitrogens with zero attached hydrogens (tertiary/aromatic N) is 1. The predicted molar refractivity (Wildman–Crippen MR) is 114 cm³/mol. The highest BCUT2D eigenvalue weighted by Crippen LogP contribution is 2.24. The van der Waals surface area contributed by atoms with E-state index in [1.165, 1.54) is 4.90 Å². The number of Topliss-reactive ketones (excluding diaryl/α,β-unsaturated/α-hetero) is 1. The molecular weight excluding hydrogens is 398 g/mol. The van der Waals surface area contributed by atoms with Gasteiger partial charge in [-0.1, -0.05) is 19.9 Å². The molecule has 3 N–H and O–H groups in total. The third-order valence-electron chi connectivity index (χ3n) is 4.74. The third kappa shape index (κ3) is 5.48. The lowest BCUT2D eigenvalue weighted by Crippen LogP contribution is -2.30. The molecule has 1 heterocycles. The zero-order valence-electron chi connectivity index (χ0n) is 17.5. The molecule has 1 aliphatic rings. The van der Waals surface area contributed by atoms with Crippen LogP contribution < -0.4 is 10.5 Å². The molecule has 0 spiro atoms. The summed E-state index contributed by atoms with van der Waals surface area (Å²) in [6.07, 6.45) is 0. The first kappa shape index (κ1) is 22.0. The van der Waals surface area contributed by atoms with Crippen LogP contribution in [-0.4, -0.2) is 48.2 Å². The van der Waals surface area contributed by atoms with Gasteiger partial charge >= 0.3 is 5.97 Å². The molecule has 0 unspecified atom stereocenters. The summed E-state index contributed by atoms with van der Waals surface area (Å²) >= 11 is 0. The summed E-state index contributed by atoms with van der Waals surface area (Å²) < 4.78 is 10.4. The van der Waals surface area contributed by atoms with E-state index in [-0.39, 0.29) is 36.6 Å². The number of esters is 1. The van der Waals surface area contributed by atoms with Crippen LogP contribution in [0.1, 0.15) is 45.7 Å². The van der Waals surface area contributed by atoms with E-state index in [0.29, 0.717) is 35.6 Å². The largest absolute Gasteiger partial charge is 0.482 e. The highest BCUT2D eigenvalue weighted by molar-refractivity contribution is 6.05. The van der Waals surface area contributed by atoms with Crippen molar-refractivity contribution in [3.05, 3.63) is 64.7 Å². The van der Waals surface area contributed by atoms with Gasteiger partial charge in [0.05, 0.1) is 13.2 Å². The number of benzene rings is 2. The smallest absolute Gasteiger partial charge is 0.344 e. The zero-order chi connectivity index (χ0) is 22.5. The number of amides is 1. The third-order valence-corrected chi connectivity index (χ3v) is 4.74. The average Bonchev–Trinajstić information content (AvgIpc) is 3.05. The molecule has 0 atom stereocenters. The molecule has 0 saturated carbocycles. The van der Waals surface area contributed by atoms with Gasteiger partial charge in [0.2, 0.25) is 0 Å². The average molecular weight is 423 g/mol. The fourth-order valence-electron chi connectivity index (χ4n) is 3.12. The van der Waals surface area contributed by atoms with Gasteiger partial charge in [-0.05, 0) is 47.9 Å². The van der Waals surface area contributed by atoms with Gasteiger partial charge in [-0.2, -0.15) is 0 Å². The molecule has 162 valence electrons. The number of amidine groups is 1. The Hall–Kier alpha value is -3.68. The van der Waals surface area contributed by atoms with E-state index in [1.807, 2.05) is 13.8 Å². The van der Waals surface area contributed by atoms with Gasteiger partial charge in [-0.3, -0.25) is 15.0 Å². The number of nitrogen functional groups attached to an aromatic ring is 1. The molecule has 2 aromatic carbocycles. The Morgan fingerprint density at radius 3 is 2.45 bits per heavy atom. The molecule has 1 amide bonds. The lowest BCUT2D eigenvalue weighted by atomic mass is 10.1. The molecule has 0 bridgehead atoms. The van der Waals surface area contributed by atoms with Crippen LogP contribution in [-0.2, 0) is 16.1 Å². The number of carbonyl (C=O) groups excluding carboxylic acids is 3. The van der Waals surface area contributed by atoms with Crippen molar-refractivity contribution in [2.75, 3.05) is 19.8 Å². The minimum Gasteiger partial charge on any atom is -0.482 e. The van der Waals surface area contributed by atoms with E-state index in [1.54, 1.807) is 42.5 Å². The Kier molecular flexibility index (Phi) is 6.69. The maximum absolute atomic E-state index is 12.6. The highest BCUT2D eigenvalue weighted by atomic mass is 16.6. The summed E-state index contributed by atoms with van der Waals surface area (Å²) in [5, 5.41) is 7.52. The summed E-state index contributed by atoms with van der Waals surface area (Å²) in [4.78, 5) is 38.3. The van der Waals surface area contributed by atoms with E-state index >= 15 is 0 Å². The topological polar surface area (TPSA) is 123 Å². The second-order valence-electron chi connectivity index (χ2n) is 7.76. The number of carbonyl (C=O) groups is 3. The maximum atomic E-state index is 12.6. The zero-order valence-corrected chi connectivity index (χ0v) is 17.5. The minimum absolute atomic E-state index is 0.0648. The van der Waals surface area contributed by atoms with Crippen molar-refractivity contribution in [2.45, 2.75) is 20.4 Å². The number of ketones is 1. The minimum atomic E-state index is -0.450. The summed E-state index contributed by atoms with van der Waals surface area (Å²) in [6.45, 7) is 4.25. The SMILES string of the molecule is CC(C)COC(=O)COc1ccc(C(=O)CN2Cc3cc(C(=N)N)ccc3C2=O)cc1. The number of hydrogen-bond donors (Lipinski definition) is 2. The Morgan fingerprint density at radius 2 is 1.81 bits per heavy atom. The van der Waals surface area contributed by atoms with Gasteiger partial charge < -0.3 is 20.1 Å². The second kappa shape index (κ2) is 9.42. The normalized spacial score (nSPS) is 12.6. The first-order chi connectivity index (χ1) is 14.7. The van der Waals surface area contributed by atoms with Gasteiger partial charge in [0.15, 0.2) is 12.4 Å². The van der Waals surface area contributed by atoms with Gasteiger partial charge in [0.25, 0.3) is 5.91 Å². The Balaban J connectivity index is 1.55. The summed E-state index contributed by atoms with van der Waals surface area (Å²) in [5.41, 5.74) is 7.75. The van der Waals surface area contributed by atoms with Crippen LogP contribution in [0.25, 0.3) is 0 Å². The molecule has 0 fully saturated rings. The molecule has 8 heteroatoms. The van der Waals surface area contributed by atoms with Crippen LogP contribution in [0.4, 0.5) is 0 Å². The molecule has 1 aliphatic heterocycles. The van der Waals surface area contributed by atoms with Crippen molar-refractivity contribution in [3.63, 3.8) is 0 Å². The van der Waals surface area contributed by atoms with Crippen LogP contribution >= 0.6 is 0 Å². The van der Waals surface area contributed by atoms with Gasteiger partial charge in [0, 0.05) is 23.2 Å². The summed E-state index contributed by atoms with van der Waals surface area (Å²) in [5.74, 6) is -0.261. The molecule has 0 aromatic heterocycles. The van der Waals surface area contributed by atoms with Crippen LogP contribution in [0, 0.1) is 11.3 Å². The van der Waals surface area contributed by atoms with E-state index in [4.69, 9.17) is 20.6 Å². The summed E-state index contributed by atoms with van der Waals surface area (Å²) in [7, 11) is 0. The molecule has 8 nitrogen and oxygen atoms in total. The van der Waals surface area contributed by atoms with E-state index in [9.17, 15) is 14.4 Å². The van der Waals surface area contributed by atoms with Crippen molar-refractivity contribution < 1.29 is 23.9 Å². The van der Waals surface area contributed by atoms with Crippen molar-refractivity contribution in [3.8, 4) is 5.75 Å². The summed E-state index contributed by atoms with van der Waals surface area (Å²) in [6, 6.07) is 11.4. The number of fused-ring (bicyclic) bond motifs is 1. The van der Waals surface area contributed by atoms with Crippen molar-refractivity contribution in [1.29, 1.82) is 5.41 Å². The van der Waals surface area contributed by atoms with E-state index < -0.39 is 5.97 Å². The number of nitrogens with one attached hydrogen (secondary N) is 1. The highest BCUT2D eigenvalue weighted by Gasteiger charge is 2.29. The van der Waals surface area contributed by atoms with Gasteiger partial charge in [0.1, 0.15) is 11.6 Å². The first-order valence-electron chi connectivity index (χ1n) is 9.93. The molecule has 3 rings (SSSR count). The number of nitrogens with two attached hydrogens (primary N) is 1. The molecule has 31 heavy (non-hydrogen) atoms. The molecule has 0 saturated heterocycles. The van der Waals surface area contributed by atoms with Crippen LogP contribution in [0.5, 0.6) is 5.75 Å². The van der Waals surface area contributed by atoms with Crippen molar-refractivity contribution >= 4 is 23.5 Å². The standard InChI is InChI=1S/C23H25N3O5/c1-14(2)12-31-21(28)13-30-18-6-3-15(4-7-18)20(27)11-26-10-17-9-16(22(24)25)5-8-19(17)23(26)29/h3-9,14H,10-13H2,1-2H3,(H3,24,25). The predicted octanol–water partition coefficient (Wildman–Crippen LogP) is 2.39. The van der Waals surface area contributed by atoms with Crippen molar-refractivity contribution in [1.82, 2.24) is 4.90 Å². The molecule has 0 radical (unpaired) electrons. The number of rotatable bonds is 9. The van der Waals surface area contributed by atoms with E-state index in [2.05, 4.69) is 0 Å². The van der Waals surface area contributed by atoms with Crippen LogP contribution in [0.15, 0.2) is 42.5 Å². The Labute approximate surface area is 180 Å². The fraction of sp³-hybridized carbons (Fsp3) is 0.304. The van der Waals surface area contributed by atoms with Crippen LogP contribution in [0.3, 0.4) is 0 Å². The maximum Gasteiger partial charge on any atom is 0.344 e. The van der Waals surface area contributed by atoms with Gasteiger partial charge in [-0.25, -0.2) is 4.79 Å². The quantitative estimate of drug-likeness (QED) is 0.276. The van der Waals surface area contributed by atoms with Gasteiger partial charge in [-0.15, -0.1) is 0 Å². The lowest BCUT2D eigenvalue weighted by molar-refractivity contribution is -0.147. The van der Waals surface area contributed by atoms with E-state index in [0.717, 1.165) is 5.56 Å². The number of hydrogen-bond acceptors (Lipinski definition) is 6. The Bertz CT molecular complexity index is 1010. The van der Waals surface area contributed by atoms with Crippen molar-refractivity contribution in [2.24, 2.45) is 11.7 Å². The molecule has 0 aliphatic carbocycles. The number of ether oxygens (including phenoxy) is 2. The van der Waals surface area contributed by atoms with Crippen LogP contribution in [0.2, 0.25) is 0 Å². The molecule has 2 aromatic rings. The molecular formula is C23H25N3O5. The first-order valence-corrected chi connectivity index (χ1v) is 9.93. The Morgan fingerprint density at radius 1 is 1.13 bits per heavy atom. The fourth-order valence-corrected chi connectivity index (χ4v) is 3.12. The lowest BCUT2D eigenvalue weighted by Gasteiger charge is -2.14. The monoisotopic (exact) mass is 423 g/mol. The second-order valence-corrected chi connectivity index (χ2v) is 7.76.